The molecule has 4 aromatic carbocycles. The van der Waals surface area contributed by atoms with Gasteiger partial charge in [0.05, 0.1) is 20.6 Å². The second kappa shape index (κ2) is 16.0. The molecule has 0 fully saturated rings. The summed E-state index contributed by atoms with van der Waals surface area (Å²) in [5.41, 5.74) is 2.54. The Balaban J connectivity index is 1.83. The molecule has 4 aromatic rings. The zero-order chi connectivity index (χ0) is 33.4. The van der Waals surface area contributed by atoms with Gasteiger partial charge in [-0.2, -0.15) is 0 Å². The summed E-state index contributed by atoms with van der Waals surface area (Å²) in [5.74, 6) is -0.924. The standard InChI is InChI=1S/C35H36BrCl2N3O4S/c1-4-25(3)39-35(43)32(21-26-9-6-5-7-10-26)40(22-27-15-17-28(36)18-16-27)33(42)23-41(31-12-8-11-30(37)34(31)38)46(44,45)29-19-13-24(2)14-20-29/h5-20,25,32H,4,21-23H2,1-3H3,(H,39,43)/t25-,32-/m0/s1. The van der Waals surface area contributed by atoms with Crippen LogP contribution >= 0.6 is 39.1 Å². The van der Waals surface area contributed by atoms with Crippen molar-refractivity contribution in [2.45, 2.75) is 57.1 Å². The lowest BCUT2D eigenvalue weighted by molar-refractivity contribution is -0.140. The Kier molecular flexibility index (Phi) is 12.3. The van der Waals surface area contributed by atoms with Crippen molar-refractivity contribution in [2.24, 2.45) is 0 Å². The van der Waals surface area contributed by atoms with Crippen LogP contribution in [0.15, 0.2) is 106 Å². The molecule has 0 radical (unpaired) electrons. The fourth-order valence-corrected chi connectivity index (χ4v) is 6.96. The van der Waals surface area contributed by atoms with E-state index < -0.39 is 28.5 Å². The highest BCUT2D eigenvalue weighted by Crippen LogP contribution is 2.35. The van der Waals surface area contributed by atoms with Crippen LogP contribution in [-0.2, 0) is 32.6 Å². The molecule has 0 bridgehead atoms. The highest BCUT2D eigenvalue weighted by molar-refractivity contribution is 9.10. The van der Waals surface area contributed by atoms with Gasteiger partial charge in [-0.3, -0.25) is 13.9 Å². The molecule has 11 heteroatoms. The predicted octanol–water partition coefficient (Wildman–Crippen LogP) is 7.81. The quantitative estimate of drug-likeness (QED) is 0.151. The molecule has 0 saturated heterocycles. The summed E-state index contributed by atoms with van der Waals surface area (Å²) in [6, 6.07) is 26.7. The number of aryl methyl sites for hydroxylation is 1. The topological polar surface area (TPSA) is 86.8 Å². The number of amides is 2. The van der Waals surface area contributed by atoms with E-state index in [4.69, 9.17) is 23.2 Å². The third kappa shape index (κ3) is 8.91. The Morgan fingerprint density at radius 3 is 2.15 bits per heavy atom. The molecular weight excluding hydrogens is 709 g/mol. The third-order valence-corrected chi connectivity index (χ3v) is 10.7. The van der Waals surface area contributed by atoms with Gasteiger partial charge in [-0.15, -0.1) is 0 Å². The molecule has 0 aromatic heterocycles. The zero-order valence-corrected chi connectivity index (χ0v) is 29.7. The Morgan fingerprint density at radius 1 is 0.870 bits per heavy atom. The molecule has 0 aliphatic rings. The highest BCUT2D eigenvalue weighted by atomic mass is 79.9. The van der Waals surface area contributed by atoms with Gasteiger partial charge < -0.3 is 10.2 Å². The maximum absolute atomic E-state index is 14.6. The van der Waals surface area contributed by atoms with E-state index in [-0.39, 0.29) is 45.5 Å². The molecule has 0 saturated carbocycles. The van der Waals surface area contributed by atoms with Crippen molar-refractivity contribution in [1.82, 2.24) is 10.2 Å². The SMILES string of the molecule is CC[C@H](C)NC(=O)[C@H](Cc1ccccc1)N(Cc1ccc(Br)cc1)C(=O)CN(c1cccc(Cl)c1Cl)S(=O)(=O)c1ccc(C)cc1. The van der Waals surface area contributed by atoms with Crippen molar-refractivity contribution >= 4 is 66.7 Å². The number of nitrogens with zero attached hydrogens (tertiary/aromatic N) is 2. The molecule has 0 heterocycles. The first kappa shape index (κ1) is 35.5. The molecule has 0 spiro atoms. The van der Waals surface area contributed by atoms with Crippen LogP contribution in [-0.4, -0.2) is 43.8 Å². The van der Waals surface area contributed by atoms with Crippen molar-refractivity contribution in [3.63, 3.8) is 0 Å². The number of halogens is 3. The molecule has 46 heavy (non-hydrogen) atoms. The maximum Gasteiger partial charge on any atom is 0.264 e. The van der Waals surface area contributed by atoms with Crippen LogP contribution in [0.5, 0.6) is 0 Å². The molecule has 242 valence electrons. The second-order valence-corrected chi connectivity index (χ2v) is 14.6. The lowest BCUT2D eigenvalue weighted by Gasteiger charge is -2.34. The summed E-state index contributed by atoms with van der Waals surface area (Å²) in [7, 11) is -4.31. The summed E-state index contributed by atoms with van der Waals surface area (Å²) in [6.07, 6.45) is 0.911. The van der Waals surface area contributed by atoms with Gasteiger partial charge in [-0.1, -0.05) is 112 Å². The number of carbonyl (C=O) groups excluding carboxylic acids is 2. The fourth-order valence-electron chi connectivity index (χ4n) is 4.82. The molecule has 0 aliphatic heterocycles. The van der Waals surface area contributed by atoms with Gasteiger partial charge >= 0.3 is 0 Å². The number of nitrogens with one attached hydrogen (secondary N) is 1. The molecule has 1 N–H and O–H groups in total. The first-order valence-electron chi connectivity index (χ1n) is 14.8. The minimum Gasteiger partial charge on any atom is -0.352 e. The molecule has 2 amide bonds. The first-order valence-corrected chi connectivity index (χ1v) is 17.8. The van der Waals surface area contributed by atoms with E-state index in [1.165, 1.54) is 23.1 Å². The van der Waals surface area contributed by atoms with Gasteiger partial charge in [0, 0.05) is 23.5 Å². The summed E-state index contributed by atoms with van der Waals surface area (Å²) in [5, 5.41) is 3.16. The molecule has 0 aliphatic carbocycles. The van der Waals surface area contributed by atoms with Crippen LogP contribution in [0.1, 0.15) is 37.0 Å². The lowest BCUT2D eigenvalue weighted by atomic mass is 10.0. The van der Waals surface area contributed by atoms with Crippen LogP contribution < -0.4 is 9.62 Å². The van der Waals surface area contributed by atoms with E-state index in [2.05, 4.69) is 21.2 Å². The van der Waals surface area contributed by atoms with Crippen LogP contribution in [0.3, 0.4) is 0 Å². The van der Waals surface area contributed by atoms with Gasteiger partial charge in [0.1, 0.15) is 12.6 Å². The number of anilines is 1. The maximum atomic E-state index is 14.6. The summed E-state index contributed by atoms with van der Waals surface area (Å²) >= 11 is 16.4. The van der Waals surface area contributed by atoms with E-state index in [1.807, 2.05) is 75.4 Å². The van der Waals surface area contributed by atoms with Crippen molar-refractivity contribution in [3.05, 3.63) is 128 Å². The molecule has 0 unspecified atom stereocenters. The molecule has 4 rings (SSSR count). The number of rotatable bonds is 13. The first-order chi connectivity index (χ1) is 21.9. The number of sulfonamides is 1. The minimum atomic E-state index is -4.31. The Hall–Kier alpha value is -3.37. The van der Waals surface area contributed by atoms with Crippen LogP contribution in [0.4, 0.5) is 5.69 Å². The van der Waals surface area contributed by atoms with Gasteiger partial charge in [0.25, 0.3) is 10.0 Å². The van der Waals surface area contributed by atoms with E-state index >= 15 is 0 Å². The Bertz CT molecular complexity index is 1760. The van der Waals surface area contributed by atoms with Crippen molar-refractivity contribution < 1.29 is 18.0 Å². The Labute approximate surface area is 289 Å². The average Bonchev–Trinajstić information content (AvgIpc) is 3.04. The second-order valence-electron chi connectivity index (χ2n) is 11.1. The lowest BCUT2D eigenvalue weighted by Crippen LogP contribution is -2.54. The van der Waals surface area contributed by atoms with Crippen LogP contribution in [0.2, 0.25) is 10.0 Å². The van der Waals surface area contributed by atoms with Crippen molar-refractivity contribution in [2.75, 3.05) is 10.8 Å². The van der Waals surface area contributed by atoms with E-state index in [9.17, 15) is 18.0 Å². The molecule has 2 atom stereocenters. The average molecular weight is 746 g/mol. The Morgan fingerprint density at radius 2 is 1.52 bits per heavy atom. The number of hydrogen-bond donors (Lipinski definition) is 1. The van der Waals surface area contributed by atoms with Gasteiger partial charge in [-0.25, -0.2) is 8.42 Å². The zero-order valence-electron chi connectivity index (χ0n) is 25.8. The van der Waals surface area contributed by atoms with Gasteiger partial charge in [0.15, 0.2) is 0 Å². The monoisotopic (exact) mass is 743 g/mol. The van der Waals surface area contributed by atoms with Crippen molar-refractivity contribution in [3.8, 4) is 0 Å². The van der Waals surface area contributed by atoms with Gasteiger partial charge in [-0.05, 0) is 67.8 Å². The predicted molar refractivity (Wildman–Crippen MR) is 189 cm³/mol. The number of carbonyl (C=O) groups is 2. The minimum absolute atomic E-state index is 0.0116. The van der Waals surface area contributed by atoms with Gasteiger partial charge in [0.2, 0.25) is 11.8 Å². The summed E-state index contributed by atoms with van der Waals surface area (Å²) in [6.45, 7) is 5.14. The number of hydrogen-bond acceptors (Lipinski definition) is 4. The summed E-state index contributed by atoms with van der Waals surface area (Å²) in [4.78, 5) is 29.9. The molecular formula is C35H36BrCl2N3O4S. The van der Waals surface area contributed by atoms with E-state index in [0.29, 0.717) is 6.42 Å². The largest absolute Gasteiger partial charge is 0.352 e. The molecule has 7 nitrogen and oxygen atoms in total. The third-order valence-electron chi connectivity index (χ3n) is 7.63. The van der Waals surface area contributed by atoms with Crippen LogP contribution in [0.25, 0.3) is 0 Å². The fraction of sp³-hybridized carbons (Fsp3) is 0.257. The highest BCUT2D eigenvalue weighted by Gasteiger charge is 2.35. The normalized spacial score (nSPS) is 12.7. The summed E-state index contributed by atoms with van der Waals surface area (Å²) < 4.78 is 30.2. The smallest absolute Gasteiger partial charge is 0.264 e. The van der Waals surface area contributed by atoms with E-state index in [0.717, 1.165) is 25.5 Å². The number of benzene rings is 4. The van der Waals surface area contributed by atoms with Crippen LogP contribution in [0, 0.1) is 6.92 Å². The van der Waals surface area contributed by atoms with E-state index in [1.54, 1.807) is 24.3 Å². The van der Waals surface area contributed by atoms with Crippen molar-refractivity contribution in [1.29, 1.82) is 0 Å².